The van der Waals surface area contributed by atoms with Crippen molar-refractivity contribution in [1.82, 2.24) is 9.78 Å². The molecule has 0 bridgehead atoms. The molecular formula is C22H24N4O4. The number of carbonyl (C=O) groups excluding carboxylic acids is 1. The molecule has 30 heavy (non-hydrogen) atoms. The summed E-state index contributed by atoms with van der Waals surface area (Å²) < 4.78 is 18.6. The second kappa shape index (κ2) is 7.98. The van der Waals surface area contributed by atoms with E-state index in [4.69, 9.17) is 14.2 Å². The number of anilines is 2. The number of fused-ring (bicyclic) bond motifs is 1. The zero-order valence-corrected chi connectivity index (χ0v) is 17.1. The minimum absolute atomic E-state index is 0.236. The van der Waals surface area contributed by atoms with Gasteiger partial charge in [-0.3, -0.25) is 9.48 Å². The number of aromatic nitrogens is 2. The Morgan fingerprint density at radius 3 is 2.70 bits per heavy atom. The lowest BCUT2D eigenvalue weighted by atomic mass is 10.0. The molecule has 2 aromatic carbocycles. The van der Waals surface area contributed by atoms with Crippen LogP contribution in [0, 0.1) is 0 Å². The lowest BCUT2D eigenvalue weighted by molar-refractivity contribution is 0.102. The number of methoxy groups -OCH3 is 1. The fraction of sp³-hybridized carbons (Fsp3) is 0.273. The number of rotatable bonds is 6. The Morgan fingerprint density at radius 2 is 2.00 bits per heavy atom. The Balaban J connectivity index is 1.43. The molecule has 3 aromatic rings. The third kappa shape index (κ3) is 4.32. The summed E-state index contributed by atoms with van der Waals surface area (Å²) in [7, 11) is 3.42. The van der Waals surface area contributed by atoms with Gasteiger partial charge in [-0.05, 0) is 49.4 Å². The minimum Gasteiger partial charge on any atom is -0.497 e. The molecule has 0 aliphatic carbocycles. The number of carbonyl (C=O) groups is 1. The van der Waals surface area contributed by atoms with E-state index in [-0.39, 0.29) is 5.91 Å². The topological polar surface area (TPSA) is 86.6 Å². The van der Waals surface area contributed by atoms with Crippen LogP contribution in [0.1, 0.15) is 17.3 Å². The van der Waals surface area contributed by atoms with Crippen molar-refractivity contribution in [3.8, 4) is 17.2 Å². The average molecular weight is 408 g/mol. The number of ether oxygens (including phenoxy) is 3. The fourth-order valence-electron chi connectivity index (χ4n) is 3.16. The summed E-state index contributed by atoms with van der Waals surface area (Å²) in [6, 6.07) is 14.5. The van der Waals surface area contributed by atoms with Gasteiger partial charge in [-0.15, -0.1) is 0 Å². The minimum atomic E-state index is -0.455. The molecule has 8 heteroatoms. The van der Waals surface area contributed by atoms with E-state index < -0.39 is 5.54 Å². The number of hydrogen-bond acceptors (Lipinski definition) is 6. The van der Waals surface area contributed by atoms with Crippen LogP contribution >= 0.6 is 0 Å². The normalized spacial score (nSPS) is 17.3. The van der Waals surface area contributed by atoms with Crippen LogP contribution in [0.5, 0.6) is 17.2 Å². The predicted molar refractivity (Wildman–Crippen MR) is 114 cm³/mol. The zero-order chi connectivity index (χ0) is 21.1. The fourth-order valence-corrected chi connectivity index (χ4v) is 3.16. The highest BCUT2D eigenvalue weighted by atomic mass is 16.5. The molecule has 8 nitrogen and oxygen atoms in total. The van der Waals surface area contributed by atoms with Gasteiger partial charge in [0.05, 0.1) is 12.8 Å². The first-order valence-electron chi connectivity index (χ1n) is 9.57. The average Bonchev–Trinajstić information content (AvgIpc) is 3.16. The molecule has 2 N–H and O–H groups in total. The van der Waals surface area contributed by atoms with E-state index in [9.17, 15) is 4.79 Å². The maximum atomic E-state index is 12.6. The SMILES string of the molecule is COc1ccc(OCC2(C)COc3ccc(C(=O)Nc4ccn(C)n4)cc3N2)cc1. The van der Waals surface area contributed by atoms with Crippen LogP contribution in [-0.4, -0.2) is 41.6 Å². The molecule has 1 aliphatic rings. The highest BCUT2D eigenvalue weighted by molar-refractivity contribution is 6.04. The van der Waals surface area contributed by atoms with Crippen molar-refractivity contribution in [1.29, 1.82) is 0 Å². The van der Waals surface area contributed by atoms with E-state index >= 15 is 0 Å². The van der Waals surface area contributed by atoms with Crippen molar-refractivity contribution in [3.05, 3.63) is 60.3 Å². The van der Waals surface area contributed by atoms with Crippen LogP contribution in [0.2, 0.25) is 0 Å². The van der Waals surface area contributed by atoms with Gasteiger partial charge in [0.1, 0.15) is 36.0 Å². The van der Waals surface area contributed by atoms with Crippen molar-refractivity contribution >= 4 is 17.4 Å². The number of hydrogen-bond donors (Lipinski definition) is 2. The first-order valence-corrected chi connectivity index (χ1v) is 9.57. The molecular weight excluding hydrogens is 384 g/mol. The van der Waals surface area contributed by atoms with Gasteiger partial charge in [0.25, 0.3) is 5.91 Å². The van der Waals surface area contributed by atoms with Crippen molar-refractivity contribution in [2.45, 2.75) is 12.5 Å². The summed E-state index contributed by atoms with van der Waals surface area (Å²) in [5.41, 5.74) is 0.801. The smallest absolute Gasteiger partial charge is 0.256 e. The van der Waals surface area contributed by atoms with Gasteiger partial charge < -0.3 is 24.8 Å². The Morgan fingerprint density at radius 1 is 1.23 bits per heavy atom. The van der Waals surface area contributed by atoms with Crippen LogP contribution < -0.4 is 24.8 Å². The standard InChI is InChI=1S/C22H24N4O4/c1-22(13-29-17-7-5-16(28-3)6-8-17)14-30-19-9-4-15(12-18(19)24-22)21(27)23-20-10-11-26(2)25-20/h4-12,24H,13-14H2,1-3H3,(H,23,25,27). The molecule has 1 unspecified atom stereocenters. The van der Waals surface area contributed by atoms with E-state index in [1.807, 2.05) is 31.2 Å². The monoisotopic (exact) mass is 408 g/mol. The Bertz CT molecular complexity index is 1050. The van der Waals surface area contributed by atoms with Gasteiger partial charge in [0, 0.05) is 24.9 Å². The Hall–Kier alpha value is -3.68. The van der Waals surface area contributed by atoms with Crippen molar-refractivity contribution < 1.29 is 19.0 Å². The maximum absolute atomic E-state index is 12.6. The third-order valence-corrected chi connectivity index (χ3v) is 4.80. The number of aryl methyl sites for hydroxylation is 1. The molecule has 0 spiro atoms. The summed E-state index contributed by atoms with van der Waals surface area (Å²) in [6.45, 7) is 2.85. The molecule has 1 amide bonds. The number of nitrogens with one attached hydrogen (secondary N) is 2. The number of nitrogens with zero attached hydrogens (tertiary/aromatic N) is 2. The first-order chi connectivity index (χ1) is 14.4. The Kier molecular flexibility index (Phi) is 5.22. The number of amides is 1. The molecule has 1 aliphatic heterocycles. The van der Waals surface area contributed by atoms with Gasteiger partial charge in [-0.25, -0.2) is 0 Å². The van der Waals surface area contributed by atoms with Crippen LogP contribution in [-0.2, 0) is 7.05 Å². The van der Waals surface area contributed by atoms with E-state index in [0.717, 1.165) is 17.2 Å². The summed E-state index contributed by atoms with van der Waals surface area (Å²) in [6.07, 6.45) is 1.77. The second-order valence-electron chi connectivity index (χ2n) is 7.48. The van der Waals surface area contributed by atoms with Gasteiger partial charge >= 0.3 is 0 Å². The van der Waals surface area contributed by atoms with Gasteiger partial charge in [0.2, 0.25) is 0 Å². The third-order valence-electron chi connectivity index (χ3n) is 4.80. The molecule has 0 saturated carbocycles. The lowest BCUT2D eigenvalue weighted by Crippen LogP contribution is -2.48. The first kappa shape index (κ1) is 19.6. The predicted octanol–water partition coefficient (Wildman–Crippen LogP) is 3.32. The van der Waals surface area contributed by atoms with E-state index in [1.54, 1.807) is 49.3 Å². The van der Waals surface area contributed by atoms with Crippen LogP contribution in [0.25, 0.3) is 0 Å². The molecule has 1 aromatic heterocycles. The van der Waals surface area contributed by atoms with Crippen LogP contribution in [0.15, 0.2) is 54.7 Å². The summed E-state index contributed by atoms with van der Waals surface area (Å²) in [5.74, 6) is 2.49. The highest BCUT2D eigenvalue weighted by Crippen LogP contribution is 2.34. The van der Waals surface area contributed by atoms with E-state index in [1.165, 1.54) is 0 Å². The lowest BCUT2D eigenvalue weighted by Gasteiger charge is -2.36. The Labute approximate surface area is 174 Å². The summed E-state index contributed by atoms with van der Waals surface area (Å²) >= 11 is 0. The largest absolute Gasteiger partial charge is 0.497 e. The van der Waals surface area contributed by atoms with Crippen molar-refractivity contribution in [2.24, 2.45) is 7.05 Å². The quantitative estimate of drug-likeness (QED) is 0.651. The summed E-state index contributed by atoms with van der Waals surface area (Å²) in [5, 5.41) is 10.4. The van der Waals surface area contributed by atoms with Gasteiger partial charge in [-0.2, -0.15) is 5.10 Å². The number of benzene rings is 2. The van der Waals surface area contributed by atoms with Gasteiger partial charge in [-0.1, -0.05) is 0 Å². The molecule has 4 rings (SSSR count). The van der Waals surface area contributed by atoms with Crippen LogP contribution in [0.4, 0.5) is 11.5 Å². The van der Waals surface area contributed by atoms with Gasteiger partial charge in [0.15, 0.2) is 5.82 Å². The molecule has 2 heterocycles. The molecule has 1 atom stereocenters. The second-order valence-corrected chi connectivity index (χ2v) is 7.48. The van der Waals surface area contributed by atoms with Crippen molar-refractivity contribution in [3.63, 3.8) is 0 Å². The molecule has 0 saturated heterocycles. The van der Waals surface area contributed by atoms with Crippen LogP contribution in [0.3, 0.4) is 0 Å². The molecule has 0 radical (unpaired) electrons. The van der Waals surface area contributed by atoms with E-state index in [2.05, 4.69) is 15.7 Å². The highest BCUT2D eigenvalue weighted by Gasteiger charge is 2.32. The maximum Gasteiger partial charge on any atom is 0.256 e. The summed E-state index contributed by atoms with van der Waals surface area (Å²) in [4.78, 5) is 12.6. The molecule has 0 fully saturated rings. The van der Waals surface area contributed by atoms with E-state index in [0.29, 0.717) is 30.3 Å². The molecule has 156 valence electrons. The zero-order valence-electron chi connectivity index (χ0n) is 17.1. The van der Waals surface area contributed by atoms with Crippen molar-refractivity contribution in [2.75, 3.05) is 31.0 Å².